The largest absolute Gasteiger partial charge is 0.409 e. The van der Waals surface area contributed by atoms with Gasteiger partial charge in [-0.2, -0.15) is 13.2 Å². The Morgan fingerprint density at radius 1 is 0.852 bits per heavy atom. The summed E-state index contributed by atoms with van der Waals surface area (Å²) < 4.78 is 64.9. The third kappa shape index (κ3) is 4.96. The smallest absolute Gasteiger partial charge is 0.206 e. The van der Waals surface area contributed by atoms with Crippen molar-refractivity contribution in [3.05, 3.63) is 65.2 Å². The van der Waals surface area contributed by atoms with Crippen LogP contribution in [0.2, 0.25) is 0 Å². The van der Waals surface area contributed by atoms with Gasteiger partial charge in [0.25, 0.3) is 0 Å². The van der Waals surface area contributed by atoms with E-state index in [1.165, 1.54) is 18.4 Å². The van der Waals surface area contributed by atoms with Crippen molar-refractivity contribution in [2.45, 2.75) is 44.7 Å². The van der Waals surface area contributed by atoms with Crippen molar-refractivity contribution in [2.75, 3.05) is 0 Å². The van der Waals surface area contributed by atoms with Gasteiger partial charge >= 0.3 is 6.18 Å². The predicted octanol–water partition coefficient (Wildman–Crippen LogP) is 7.50. The van der Waals surface area contributed by atoms with E-state index in [1.807, 2.05) is 24.3 Å². The molecule has 0 unspecified atom stereocenters. The third-order valence-corrected chi connectivity index (χ3v) is 5.25. The lowest BCUT2D eigenvalue weighted by molar-refractivity contribution is -0.0790. The summed E-state index contributed by atoms with van der Waals surface area (Å²) in [7, 11) is 0. The van der Waals surface area contributed by atoms with E-state index >= 15 is 0 Å². The van der Waals surface area contributed by atoms with Crippen LogP contribution in [0.5, 0.6) is 0 Å². The first-order valence-corrected chi connectivity index (χ1v) is 9.08. The summed E-state index contributed by atoms with van der Waals surface area (Å²) in [4.78, 5) is 0. The molecular weight excluding hydrogens is 359 g/mol. The minimum atomic E-state index is -4.62. The average Bonchev–Trinajstić information content (AvgIpc) is 2.61. The lowest BCUT2D eigenvalue weighted by Gasteiger charge is -2.26. The number of benzene rings is 2. The van der Waals surface area contributed by atoms with Gasteiger partial charge in [-0.25, -0.2) is 8.78 Å². The molecule has 1 saturated carbocycles. The second-order valence-electron chi connectivity index (χ2n) is 7.31. The van der Waals surface area contributed by atoms with E-state index in [4.69, 9.17) is 0 Å². The Labute approximate surface area is 155 Å². The van der Waals surface area contributed by atoms with Gasteiger partial charge in [0.2, 0.25) is 0 Å². The molecule has 0 aromatic heterocycles. The van der Waals surface area contributed by atoms with E-state index in [0.29, 0.717) is 23.1 Å². The number of rotatable bonds is 3. The number of halogens is 5. The fourth-order valence-electron chi connectivity index (χ4n) is 3.63. The highest BCUT2D eigenvalue weighted by molar-refractivity contribution is 5.67. The van der Waals surface area contributed by atoms with E-state index in [-0.39, 0.29) is 6.08 Å². The second kappa shape index (κ2) is 7.83. The molecule has 0 nitrogen and oxygen atoms in total. The second-order valence-corrected chi connectivity index (χ2v) is 7.31. The number of alkyl halides is 3. The maximum atomic E-state index is 14.1. The molecule has 3 rings (SSSR count). The Bertz CT molecular complexity index is 787. The van der Waals surface area contributed by atoms with Crippen LogP contribution >= 0.6 is 0 Å². The molecule has 0 heterocycles. The molecular formula is C22H21F5. The summed E-state index contributed by atoms with van der Waals surface area (Å²) in [5.74, 6) is -0.762. The minimum absolute atomic E-state index is 0.173. The molecule has 2 aromatic carbocycles. The van der Waals surface area contributed by atoms with Gasteiger partial charge in [0.05, 0.1) is 0 Å². The number of allylic oxidation sites excluding steroid dienone is 1. The van der Waals surface area contributed by atoms with Crippen molar-refractivity contribution < 1.29 is 22.0 Å². The fourth-order valence-corrected chi connectivity index (χ4v) is 3.63. The zero-order chi connectivity index (χ0) is 19.6. The first-order valence-electron chi connectivity index (χ1n) is 9.08. The minimum Gasteiger partial charge on any atom is -0.206 e. The summed E-state index contributed by atoms with van der Waals surface area (Å²) >= 11 is 0. The van der Waals surface area contributed by atoms with Crippen LogP contribution in [-0.2, 0) is 0 Å². The monoisotopic (exact) mass is 380 g/mol. The molecule has 1 fully saturated rings. The van der Waals surface area contributed by atoms with Crippen molar-refractivity contribution in [3.8, 4) is 11.1 Å². The third-order valence-electron chi connectivity index (χ3n) is 5.25. The molecule has 0 amide bonds. The van der Waals surface area contributed by atoms with E-state index in [1.54, 1.807) is 0 Å². The number of hydrogen-bond acceptors (Lipinski definition) is 0. The van der Waals surface area contributed by atoms with Gasteiger partial charge in [0.15, 0.2) is 0 Å². The Morgan fingerprint density at radius 3 is 1.93 bits per heavy atom. The van der Waals surface area contributed by atoms with Crippen LogP contribution in [0.4, 0.5) is 22.0 Å². The van der Waals surface area contributed by atoms with Crippen LogP contribution in [0.15, 0.2) is 42.5 Å². The summed E-state index contributed by atoms with van der Waals surface area (Å²) in [5, 5.41) is 0. The molecule has 27 heavy (non-hydrogen) atoms. The van der Waals surface area contributed by atoms with Gasteiger partial charge in [-0.1, -0.05) is 44.0 Å². The van der Waals surface area contributed by atoms with Gasteiger partial charge in [0, 0.05) is 11.6 Å². The fraction of sp³-hybridized carbons (Fsp3) is 0.364. The molecule has 0 bridgehead atoms. The lowest BCUT2D eigenvalue weighted by Crippen LogP contribution is -2.10. The molecule has 2 aromatic rings. The maximum Gasteiger partial charge on any atom is 0.409 e. The Balaban J connectivity index is 1.81. The zero-order valence-electron chi connectivity index (χ0n) is 15.0. The quantitative estimate of drug-likeness (QED) is 0.484. The highest BCUT2D eigenvalue weighted by atomic mass is 19.4. The molecule has 144 valence electrons. The van der Waals surface area contributed by atoms with Crippen molar-refractivity contribution in [2.24, 2.45) is 5.92 Å². The van der Waals surface area contributed by atoms with Crippen LogP contribution in [0, 0.1) is 17.6 Å². The van der Waals surface area contributed by atoms with Crippen LogP contribution in [-0.4, -0.2) is 6.18 Å². The molecule has 0 spiro atoms. The average molecular weight is 380 g/mol. The van der Waals surface area contributed by atoms with Gasteiger partial charge < -0.3 is 0 Å². The first-order chi connectivity index (χ1) is 12.7. The molecule has 5 heteroatoms. The van der Waals surface area contributed by atoms with Crippen molar-refractivity contribution >= 4 is 6.08 Å². The van der Waals surface area contributed by atoms with Crippen LogP contribution in [0.3, 0.4) is 0 Å². The standard InChI is InChI=1S/C22H21F5/c1-14-2-4-15(5-3-14)16-6-8-17(9-7-16)18-12-20(23)19(21(24)13-18)10-11-22(25,26)27/h6-15H,2-5H2,1H3/b11-10+. The van der Waals surface area contributed by atoms with E-state index in [9.17, 15) is 22.0 Å². The van der Waals surface area contributed by atoms with Crippen LogP contribution < -0.4 is 0 Å². The summed E-state index contributed by atoms with van der Waals surface area (Å²) in [6, 6.07) is 9.71. The molecule has 0 aliphatic heterocycles. The zero-order valence-corrected chi connectivity index (χ0v) is 15.0. The molecule has 0 radical (unpaired) electrons. The van der Waals surface area contributed by atoms with Crippen LogP contribution in [0.1, 0.15) is 49.7 Å². The van der Waals surface area contributed by atoms with Crippen LogP contribution in [0.25, 0.3) is 17.2 Å². The predicted molar refractivity (Wildman–Crippen MR) is 97.3 cm³/mol. The molecule has 1 aliphatic rings. The van der Waals surface area contributed by atoms with Crippen molar-refractivity contribution in [3.63, 3.8) is 0 Å². The summed E-state index contributed by atoms with van der Waals surface area (Å²) in [5.41, 5.74) is 1.46. The number of hydrogen-bond donors (Lipinski definition) is 0. The SMILES string of the molecule is CC1CCC(c2ccc(-c3cc(F)c(/C=C/C(F)(F)F)c(F)c3)cc2)CC1. The Morgan fingerprint density at radius 2 is 1.41 bits per heavy atom. The van der Waals surface area contributed by atoms with Gasteiger partial charge in [-0.15, -0.1) is 0 Å². The first kappa shape index (κ1) is 19.6. The van der Waals surface area contributed by atoms with E-state index < -0.39 is 23.4 Å². The van der Waals surface area contributed by atoms with Gasteiger partial charge in [-0.05, 0) is 59.6 Å². The molecule has 0 saturated heterocycles. The molecule has 0 N–H and O–H groups in total. The Hall–Kier alpha value is -2.17. The van der Waals surface area contributed by atoms with Gasteiger partial charge in [-0.3, -0.25) is 0 Å². The highest BCUT2D eigenvalue weighted by Gasteiger charge is 2.23. The lowest BCUT2D eigenvalue weighted by atomic mass is 9.79. The highest BCUT2D eigenvalue weighted by Crippen LogP contribution is 2.36. The molecule has 1 aliphatic carbocycles. The topological polar surface area (TPSA) is 0 Å². The van der Waals surface area contributed by atoms with Gasteiger partial charge in [0.1, 0.15) is 11.6 Å². The van der Waals surface area contributed by atoms with E-state index in [0.717, 1.165) is 30.9 Å². The molecule has 0 atom stereocenters. The Kier molecular flexibility index (Phi) is 5.68. The van der Waals surface area contributed by atoms with Crippen molar-refractivity contribution in [1.82, 2.24) is 0 Å². The van der Waals surface area contributed by atoms with Crippen molar-refractivity contribution in [1.29, 1.82) is 0 Å². The normalized spacial score (nSPS) is 21.0. The maximum absolute atomic E-state index is 14.1. The van der Waals surface area contributed by atoms with E-state index in [2.05, 4.69) is 6.92 Å². The summed E-state index contributed by atoms with van der Waals surface area (Å²) in [6.45, 7) is 2.26. The summed E-state index contributed by atoms with van der Waals surface area (Å²) in [6.07, 6.45) is 0.319.